The van der Waals surface area contributed by atoms with Crippen LogP contribution in [0.3, 0.4) is 0 Å². The predicted octanol–water partition coefficient (Wildman–Crippen LogP) is 19.9. The van der Waals surface area contributed by atoms with Gasteiger partial charge in [-0.15, -0.1) is 0 Å². The molecular formula is C61H119NO3. The van der Waals surface area contributed by atoms with Gasteiger partial charge in [0.2, 0.25) is 5.91 Å². The second-order valence-electron chi connectivity index (χ2n) is 20.8. The van der Waals surface area contributed by atoms with E-state index < -0.39 is 12.1 Å². The topological polar surface area (TPSA) is 69.6 Å². The zero-order valence-corrected chi connectivity index (χ0v) is 44.5. The Labute approximate surface area is 409 Å². The zero-order chi connectivity index (χ0) is 47.0. The van der Waals surface area contributed by atoms with Gasteiger partial charge >= 0.3 is 0 Å². The Bertz CT molecular complexity index is 947. The second kappa shape index (κ2) is 57.2. The van der Waals surface area contributed by atoms with Gasteiger partial charge in [0.05, 0.1) is 18.8 Å². The highest BCUT2D eigenvalue weighted by atomic mass is 16.3. The van der Waals surface area contributed by atoms with Crippen molar-refractivity contribution in [3.05, 3.63) is 24.3 Å². The monoisotopic (exact) mass is 914 g/mol. The molecule has 386 valence electrons. The molecule has 0 rings (SSSR count). The van der Waals surface area contributed by atoms with Crippen LogP contribution in [0.4, 0.5) is 0 Å². The van der Waals surface area contributed by atoms with Gasteiger partial charge in [-0.05, 0) is 44.9 Å². The Hall–Kier alpha value is -1.13. The molecule has 2 atom stereocenters. The highest BCUT2D eigenvalue weighted by Crippen LogP contribution is 2.18. The SMILES string of the molecule is CCCCCCCCCCCCCC/C=C\CCCCCCCCCCCCCCCC(=O)NC(CO)C(O)/C=C/CCCCCCCCCCCCCCCCCCCCCCCC. The molecule has 0 aliphatic heterocycles. The summed E-state index contributed by atoms with van der Waals surface area (Å²) >= 11 is 0. The van der Waals surface area contributed by atoms with Gasteiger partial charge in [-0.1, -0.05) is 314 Å². The van der Waals surface area contributed by atoms with Gasteiger partial charge in [-0.2, -0.15) is 0 Å². The Morgan fingerprint density at radius 1 is 0.354 bits per heavy atom. The third kappa shape index (κ3) is 53.7. The summed E-state index contributed by atoms with van der Waals surface area (Å²) in [4.78, 5) is 12.5. The molecule has 0 fully saturated rings. The summed E-state index contributed by atoms with van der Waals surface area (Å²) in [5.41, 5.74) is 0. The number of carbonyl (C=O) groups is 1. The smallest absolute Gasteiger partial charge is 0.220 e. The number of hydrogen-bond acceptors (Lipinski definition) is 3. The zero-order valence-electron chi connectivity index (χ0n) is 44.5. The van der Waals surface area contributed by atoms with Crippen LogP contribution < -0.4 is 5.32 Å². The summed E-state index contributed by atoms with van der Waals surface area (Å²) in [5.74, 6) is -0.0578. The van der Waals surface area contributed by atoms with E-state index in [2.05, 4.69) is 31.3 Å². The predicted molar refractivity (Wildman–Crippen MR) is 290 cm³/mol. The van der Waals surface area contributed by atoms with Crippen LogP contribution in [-0.2, 0) is 4.79 Å². The fourth-order valence-corrected chi connectivity index (χ4v) is 9.59. The van der Waals surface area contributed by atoms with E-state index in [0.29, 0.717) is 6.42 Å². The molecule has 0 aliphatic rings. The summed E-state index contributed by atoms with van der Waals surface area (Å²) in [6.07, 6.45) is 76.4. The Morgan fingerprint density at radius 3 is 0.846 bits per heavy atom. The van der Waals surface area contributed by atoms with Crippen LogP contribution in [0.5, 0.6) is 0 Å². The number of aliphatic hydroxyl groups is 2. The lowest BCUT2D eigenvalue weighted by molar-refractivity contribution is -0.123. The maximum absolute atomic E-state index is 12.5. The van der Waals surface area contributed by atoms with Crippen LogP contribution in [0.15, 0.2) is 24.3 Å². The van der Waals surface area contributed by atoms with Crippen LogP contribution in [-0.4, -0.2) is 34.9 Å². The van der Waals surface area contributed by atoms with Gasteiger partial charge in [0.25, 0.3) is 0 Å². The number of unbranched alkanes of at least 4 members (excludes halogenated alkanes) is 47. The molecule has 1 amide bonds. The van der Waals surface area contributed by atoms with Gasteiger partial charge in [0.1, 0.15) is 0 Å². The Balaban J connectivity index is 3.45. The first kappa shape index (κ1) is 63.9. The summed E-state index contributed by atoms with van der Waals surface area (Å²) in [7, 11) is 0. The van der Waals surface area contributed by atoms with E-state index in [-0.39, 0.29) is 12.5 Å². The standard InChI is InChI=1S/C61H119NO3/c1-3-5-7-9-11-13-15-17-19-21-23-25-27-29-30-31-32-33-35-37-39-41-43-45-47-49-51-53-55-57-61(65)62-59(58-63)60(64)56-54-52-50-48-46-44-42-40-38-36-34-28-26-24-22-20-18-16-14-12-10-8-6-4-2/h29-30,54,56,59-60,63-64H,3-28,31-53,55,57-58H2,1-2H3,(H,62,65)/b30-29-,56-54+. The van der Waals surface area contributed by atoms with Crippen LogP contribution >= 0.6 is 0 Å². The number of amides is 1. The number of hydrogen-bond donors (Lipinski definition) is 3. The van der Waals surface area contributed by atoms with E-state index >= 15 is 0 Å². The van der Waals surface area contributed by atoms with E-state index in [4.69, 9.17) is 0 Å². The molecular weight excluding hydrogens is 795 g/mol. The number of carbonyl (C=O) groups excluding carboxylic acids is 1. The molecule has 0 aromatic carbocycles. The molecule has 0 heterocycles. The Kier molecular flexibility index (Phi) is 56.2. The molecule has 4 heteroatoms. The third-order valence-corrected chi connectivity index (χ3v) is 14.2. The molecule has 4 nitrogen and oxygen atoms in total. The summed E-state index contributed by atoms with van der Waals surface area (Å²) < 4.78 is 0. The van der Waals surface area contributed by atoms with E-state index in [9.17, 15) is 15.0 Å². The minimum Gasteiger partial charge on any atom is -0.394 e. The van der Waals surface area contributed by atoms with Crippen molar-refractivity contribution in [3.63, 3.8) is 0 Å². The van der Waals surface area contributed by atoms with E-state index in [1.165, 1.54) is 295 Å². The molecule has 0 saturated heterocycles. The largest absolute Gasteiger partial charge is 0.394 e. The first-order valence-electron chi connectivity index (χ1n) is 30.1. The number of rotatable bonds is 56. The van der Waals surface area contributed by atoms with E-state index in [1.54, 1.807) is 6.08 Å². The maximum atomic E-state index is 12.5. The van der Waals surface area contributed by atoms with Crippen LogP contribution in [0.1, 0.15) is 341 Å². The maximum Gasteiger partial charge on any atom is 0.220 e. The van der Waals surface area contributed by atoms with Gasteiger partial charge in [-0.25, -0.2) is 0 Å². The van der Waals surface area contributed by atoms with Gasteiger partial charge in [0.15, 0.2) is 0 Å². The van der Waals surface area contributed by atoms with Crippen molar-refractivity contribution in [3.8, 4) is 0 Å². The lowest BCUT2D eigenvalue weighted by Crippen LogP contribution is -2.45. The molecule has 0 aromatic heterocycles. The van der Waals surface area contributed by atoms with Crippen molar-refractivity contribution >= 4 is 5.91 Å². The first-order valence-corrected chi connectivity index (χ1v) is 30.1. The highest BCUT2D eigenvalue weighted by molar-refractivity contribution is 5.76. The molecule has 0 aliphatic carbocycles. The first-order chi connectivity index (χ1) is 32.2. The van der Waals surface area contributed by atoms with Crippen molar-refractivity contribution in [1.82, 2.24) is 5.32 Å². The molecule has 65 heavy (non-hydrogen) atoms. The summed E-state index contributed by atoms with van der Waals surface area (Å²) in [6.45, 7) is 4.35. The molecule has 3 N–H and O–H groups in total. The third-order valence-electron chi connectivity index (χ3n) is 14.2. The fourth-order valence-electron chi connectivity index (χ4n) is 9.59. The van der Waals surface area contributed by atoms with Gasteiger partial charge in [-0.3, -0.25) is 4.79 Å². The van der Waals surface area contributed by atoms with Gasteiger partial charge < -0.3 is 15.5 Å². The van der Waals surface area contributed by atoms with E-state index in [0.717, 1.165) is 25.7 Å². The minimum atomic E-state index is -0.838. The summed E-state index contributed by atoms with van der Waals surface area (Å²) in [6, 6.07) is -0.621. The lowest BCUT2D eigenvalue weighted by Gasteiger charge is -2.20. The molecule has 0 radical (unpaired) electrons. The van der Waals surface area contributed by atoms with Crippen molar-refractivity contribution in [1.29, 1.82) is 0 Å². The number of allylic oxidation sites excluding steroid dienone is 3. The van der Waals surface area contributed by atoms with Crippen LogP contribution in [0, 0.1) is 0 Å². The fraction of sp³-hybridized carbons (Fsp3) is 0.918. The van der Waals surface area contributed by atoms with Crippen molar-refractivity contribution < 1.29 is 15.0 Å². The van der Waals surface area contributed by atoms with Crippen molar-refractivity contribution in [2.45, 2.75) is 353 Å². The highest BCUT2D eigenvalue weighted by Gasteiger charge is 2.18. The van der Waals surface area contributed by atoms with Gasteiger partial charge in [0, 0.05) is 6.42 Å². The molecule has 0 bridgehead atoms. The lowest BCUT2D eigenvalue weighted by atomic mass is 10.0. The molecule has 0 spiro atoms. The molecule has 0 aromatic rings. The van der Waals surface area contributed by atoms with Crippen molar-refractivity contribution in [2.24, 2.45) is 0 Å². The number of aliphatic hydroxyl groups excluding tert-OH is 2. The molecule has 0 saturated carbocycles. The minimum absolute atomic E-state index is 0.0578. The average molecular weight is 915 g/mol. The Morgan fingerprint density at radius 2 is 0.585 bits per heavy atom. The van der Waals surface area contributed by atoms with Crippen LogP contribution in [0.2, 0.25) is 0 Å². The van der Waals surface area contributed by atoms with Crippen LogP contribution in [0.25, 0.3) is 0 Å². The molecule has 2 unspecified atom stereocenters. The summed E-state index contributed by atoms with van der Waals surface area (Å²) in [5, 5.41) is 23.2. The van der Waals surface area contributed by atoms with Crippen molar-refractivity contribution in [2.75, 3.05) is 6.61 Å². The number of nitrogens with one attached hydrogen (secondary N) is 1. The normalized spacial score (nSPS) is 12.9. The average Bonchev–Trinajstić information content (AvgIpc) is 3.31. The van der Waals surface area contributed by atoms with E-state index in [1.807, 2.05) is 6.08 Å². The second-order valence-corrected chi connectivity index (χ2v) is 20.8. The quantitative estimate of drug-likeness (QED) is 0.0421.